The number of carboxylic acids is 1. The molecule has 0 spiro atoms. The fraction of sp³-hybridized carbons (Fsp3) is 0.318. The number of carbonyl (C=O) groups excluding carboxylic acids is 2. The predicted molar refractivity (Wildman–Crippen MR) is 107 cm³/mol. The largest absolute Gasteiger partial charge is 0.480 e. The molecule has 1 aliphatic rings. The summed E-state index contributed by atoms with van der Waals surface area (Å²) in [7, 11) is 1.67. The molecule has 0 heterocycles. The van der Waals surface area contributed by atoms with Crippen LogP contribution in [0.2, 0.25) is 0 Å². The lowest BCUT2D eigenvalue weighted by Gasteiger charge is -2.34. The third kappa shape index (κ3) is 4.06. The van der Waals surface area contributed by atoms with Crippen LogP contribution >= 0.6 is 0 Å². The average Bonchev–Trinajstić information content (AvgIpc) is 2.74. The number of aliphatic carboxylic acids is 1. The van der Waals surface area contributed by atoms with E-state index in [0.29, 0.717) is 18.4 Å². The van der Waals surface area contributed by atoms with Crippen molar-refractivity contribution in [3.05, 3.63) is 65.7 Å². The molecule has 2 amide bonds. The molecule has 0 unspecified atom stereocenters. The minimum atomic E-state index is -1.23. The number of nitrogens with zero attached hydrogens (tertiary/aromatic N) is 1. The summed E-state index contributed by atoms with van der Waals surface area (Å²) in [5.74, 6) is -1.72. The third-order valence-electron chi connectivity index (χ3n) is 5.29. The molecule has 0 atom stereocenters. The van der Waals surface area contributed by atoms with Gasteiger partial charge in [-0.3, -0.25) is 9.59 Å². The number of para-hydroxylation sites is 1. The van der Waals surface area contributed by atoms with Crippen molar-refractivity contribution >= 4 is 23.5 Å². The first-order valence-corrected chi connectivity index (χ1v) is 9.42. The quantitative estimate of drug-likeness (QED) is 0.831. The van der Waals surface area contributed by atoms with Gasteiger partial charge in [-0.05, 0) is 43.2 Å². The maximum Gasteiger partial charge on any atom is 0.329 e. The summed E-state index contributed by atoms with van der Waals surface area (Å²) in [6.45, 7) is 0. The van der Waals surface area contributed by atoms with E-state index < -0.39 is 17.4 Å². The van der Waals surface area contributed by atoms with Gasteiger partial charge in [0.2, 0.25) is 0 Å². The molecule has 2 aromatic carbocycles. The van der Waals surface area contributed by atoms with E-state index in [1.807, 2.05) is 30.3 Å². The molecule has 0 aliphatic heterocycles. The summed E-state index contributed by atoms with van der Waals surface area (Å²) in [5.41, 5.74) is 0.163. The van der Waals surface area contributed by atoms with Gasteiger partial charge in [-0.25, -0.2) is 4.79 Å². The Hall–Kier alpha value is -3.15. The number of hydrogen-bond acceptors (Lipinski definition) is 3. The van der Waals surface area contributed by atoms with Gasteiger partial charge >= 0.3 is 5.97 Å². The van der Waals surface area contributed by atoms with Gasteiger partial charge in [-0.1, -0.05) is 43.5 Å². The number of amides is 2. The molecule has 1 saturated carbocycles. The van der Waals surface area contributed by atoms with Crippen LogP contribution in [0.15, 0.2) is 54.6 Å². The van der Waals surface area contributed by atoms with Crippen LogP contribution in [0.25, 0.3) is 0 Å². The van der Waals surface area contributed by atoms with Gasteiger partial charge in [-0.2, -0.15) is 0 Å². The van der Waals surface area contributed by atoms with Crippen molar-refractivity contribution in [2.45, 2.75) is 37.6 Å². The lowest BCUT2D eigenvalue weighted by atomic mass is 9.81. The smallest absolute Gasteiger partial charge is 0.329 e. The predicted octanol–water partition coefficient (Wildman–Crippen LogP) is 3.48. The van der Waals surface area contributed by atoms with E-state index in [2.05, 4.69) is 5.32 Å². The second-order valence-corrected chi connectivity index (χ2v) is 7.18. The van der Waals surface area contributed by atoms with Crippen LogP contribution in [-0.2, 0) is 4.79 Å². The number of benzene rings is 2. The van der Waals surface area contributed by atoms with Crippen molar-refractivity contribution in [3.63, 3.8) is 0 Å². The highest BCUT2D eigenvalue weighted by atomic mass is 16.4. The summed E-state index contributed by atoms with van der Waals surface area (Å²) < 4.78 is 0. The Balaban J connectivity index is 1.79. The van der Waals surface area contributed by atoms with Crippen molar-refractivity contribution in [1.29, 1.82) is 0 Å². The molecular formula is C22H24N2O4. The number of carbonyl (C=O) groups is 3. The van der Waals surface area contributed by atoms with Crippen LogP contribution in [-0.4, -0.2) is 35.5 Å². The molecular weight excluding hydrogens is 356 g/mol. The highest BCUT2D eigenvalue weighted by Gasteiger charge is 2.41. The summed E-state index contributed by atoms with van der Waals surface area (Å²) in [4.78, 5) is 38.8. The first kappa shape index (κ1) is 19.6. The Bertz CT molecular complexity index is 873. The standard InChI is InChI=1S/C22H24N2O4/c1-24(18-11-4-2-5-12-18)20(26)17-10-8-9-16(15-17)19(25)23-22(21(27)28)13-6-3-7-14-22/h2,4-5,8-12,15H,3,6-7,13-14H2,1H3,(H,23,25)(H,27,28). The molecule has 0 bridgehead atoms. The maximum atomic E-state index is 12.8. The zero-order chi connectivity index (χ0) is 20.1. The normalized spacial score (nSPS) is 15.5. The topological polar surface area (TPSA) is 86.7 Å². The van der Waals surface area contributed by atoms with Crippen LogP contribution in [0.4, 0.5) is 5.69 Å². The van der Waals surface area contributed by atoms with Crippen molar-refractivity contribution in [3.8, 4) is 0 Å². The lowest BCUT2D eigenvalue weighted by Crippen LogP contribution is -2.55. The number of nitrogens with one attached hydrogen (secondary N) is 1. The van der Waals surface area contributed by atoms with E-state index in [9.17, 15) is 19.5 Å². The highest BCUT2D eigenvalue weighted by molar-refractivity contribution is 6.07. The number of hydrogen-bond donors (Lipinski definition) is 2. The fourth-order valence-corrected chi connectivity index (χ4v) is 3.59. The summed E-state index contributed by atoms with van der Waals surface area (Å²) in [5, 5.41) is 12.4. The average molecular weight is 380 g/mol. The minimum absolute atomic E-state index is 0.244. The van der Waals surface area contributed by atoms with Crippen LogP contribution in [0, 0.1) is 0 Å². The Morgan fingerprint density at radius 1 is 0.929 bits per heavy atom. The molecule has 1 aliphatic carbocycles. The van der Waals surface area contributed by atoms with E-state index in [4.69, 9.17) is 0 Å². The zero-order valence-electron chi connectivity index (χ0n) is 15.9. The van der Waals surface area contributed by atoms with Crippen molar-refractivity contribution in [2.24, 2.45) is 0 Å². The van der Waals surface area contributed by atoms with Crippen LogP contribution < -0.4 is 10.2 Å². The summed E-state index contributed by atoms with van der Waals surface area (Å²) in [6.07, 6.45) is 3.35. The highest BCUT2D eigenvalue weighted by Crippen LogP contribution is 2.29. The van der Waals surface area contributed by atoms with Crippen LogP contribution in [0.5, 0.6) is 0 Å². The third-order valence-corrected chi connectivity index (χ3v) is 5.29. The van der Waals surface area contributed by atoms with Crippen LogP contribution in [0.3, 0.4) is 0 Å². The second-order valence-electron chi connectivity index (χ2n) is 7.18. The molecule has 0 radical (unpaired) electrons. The molecule has 2 N–H and O–H groups in total. The van der Waals surface area contributed by atoms with E-state index in [1.165, 1.54) is 11.0 Å². The van der Waals surface area contributed by atoms with Crippen LogP contribution in [0.1, 0.15) is 52.8 Å². The number of carboxylic acid groups (broad SMARTS) is 1. The Labute approximate surface area is 164 Å². The van der Waals surface area contributed by atoms with E-state index in [1.54, 1.807) is 25.2 Å². The fourth-order valence-electron chi connectivity index (χ4n) is 3.59. The first-order valence-electron chi connectivity index (χ1n) is 9.42. The van der Waals surface area contributed by atoms with Gasteiger partial charge in [0.15, 0.2) is 0 Å². The molecule has 0 saturated heterocycles. The van der Waals surface area contributed by atoms with E-state index in [-0.39, 0.29) is 11.5 Å². The van der Waals surface area contributed by atoms with Crippen molar-refractivity contribution in [2.75, 3.05) is 11.9 Å². The SMILES string of the molecule is CN(C(=O)c1cccc(C(=O)NC2(C(=O)O)CCCCC2)c1)c1ccccc1. The monoisotopic (exact) mass is 380 g/mol. The minimum Gasteiger partial charge on any atom is -0.480 e. The second kappa shape index (κ2) is 8.25. The van der Waals surface area contributed by atoms with Crippen molar-refractivity contribution in [1.82, 2.24) is 5.32 Å². The summed E-state index contributed by atoms with van der Waals surface area (Å²) >= 11 is 0. The number of rotatable bonds is 5. The lowest BCUT2D eigenvalue weighted by molar-refractivity contribution is -0.145. The molecule has 6 heteroatoms. The van der Waals surface area contributed by atoms with Gasteiger partial charge in [0.25, 0.3) is 11.8 Å². The zero-order valence-corrected chi connectivity index (χ0v) is 15.9. The molecule has 3 rings (SSSR count). The van der Waals surface area contributed by atoms with E-state index >= 15 is 0 Å². The molecule has 146 valence electrons. The van der Waals surface area contributed by atoms with Gasteiger partial charge in [0.05, 0.1) is 0 Å². The Morgan fingerprint density at radius 3 is 2.21 bits per heavy atom. The van der Waals surface area contributed by atoms with Gasteiger partial charge in [-0.15, -0.1) is 0 Å². The Kier molecular flexibility index (Phi) is 5.78. The summed E-state index contributed by atoms with van der Waals surface area (Å²) in [6, 6.07) is 15.6. The van der Waals surface area contributed by atoms with Crippen molar-refractivity contribution < 1.29 is 19.5 Å². The van der Waals surface area contributed by atoms with E-state index in [0.717, 1.165) is 24.9 Å². The molecule has 28 heavy (non-hydrogen) atoms. The van der Waals surface area contributed by atoms with Gasteiger partial charge in [0.1, 0.15) is 5.54 Å². The molecule has 0 aromatic heterocycles. The maximum absolute atomic E-state index is 12.8. The molecule has 2 aromatic rings. The van der Waals surface area contributed by atoms with Gasteiger partial charge in [0, 0.05) is 23.9 Å². The first-order chi connectivity index (χ1) is 13.4. The Morgan fingerprint density at radius 2 is 1.57 bits per heavy atom. The number of anilines is 1. The molecule has 1 fully saturated rings. The van der Waals surface area contributed by atoms with Gasteiger partial charge < -0.3 is 15.3 Å². The molecule has 6 nitrogen and oxygen atoms in total.